The summed E-state index contributed by atoms with van der Waals surface area (Å²) in [5.74, 6) is 1.66. The lowest BCUT2D eigenvalue weighted by Gasteiger charge is -2.10. The van der Waals surface area contributed by atoms with E-state index in [1.807, 2.05) is 0 Å². The van der Waals surface area contributed by atoms with Gasteiger partial charge in [-0.05, 0) is 11.7 Å². The molecule has 0 radical (unpaired) electrons. The van der Waals surface area contributed by atoms with Crippen molar-refractivity contribution in [1.82, 2.24) is 19.6 Å². The fourth-order valence-electron chi connectivity index (χ4n) is 2.32. The second-order valence-corrected chi connectivity index (χ2v) is 5.08. The molecule has 1 aliphatic heterocycles. The Kier molecular flexibility index (Phi) is 3.58. The molecule has 0 spiro atoms. The summed E-state index contributed by atoms with van der Waals surface area (Å²) >= 11 is 4.25. The Morgan fingerprint density at radius 3 is 2.86 bits per heavy atom. The van der Waals surface area contributed by atoms with Crippen LogP contribution in [0.2, 0.25) is 0 Å². The van der Waals surface area contributed by atoms with Gasteiger partial charge in [-0.3, -0.25) is 9.69 Å². The van der Waals surface area contributed by atoms with Crippen LogP contribution in [0.1, 0.15) is 6.42 Å². The smallest absolute Gasteiger partial charge is 0.319 e. The molecular weight excluding hydrogens is 294 g/mol. The number of methoxy groups -OCH3 is 2. The molecule has 3 heterocycles. The Hall–Kier alpha value is -2.03. The molecule has 2 aromatic rings. The molecule has 1 saturated heterocycles. The average Bonchev–Trinajstić information content (AvgIpc) is 3.09. The van der Waals surface area contributed by atoms with Gasteiger partial charge in [0.05, 0.1) is 20.4 Å². The third-order valence-electron chi connectivity index (χ3n) is 3.40. The Bertz CT molecular complexity index is 648. The van der Waals surface area contributed by atoms with Crippen LogP contribution in [-0.4, -0.2) is 52.0 Å². The molecule has 1 fully saturated rings. The lowest BCUT2D eigenvalue weighted by Crippen LogP contribution is -2.26. The maximum atomic E-state index is 12.1. The fraction of sp³-hybridized carbons (Fsp3) is 0.500. The maximum absolute atomic E-state index is 12.1. The second-order valence-electron chi connectivity index (χ2n) is 4.72. The molecular formula is C12H15N5O3S. The lowest BCUT2D eigenvalue weighted by molar-refractivity contribution is -0.117. The predicted octanol–water partition coefficient (Wildman–Crippen LogP) is 0.424. The lowest BCUT2D eigenvalue weighted by atomic mass is 10.1. The monoisotopic (exact) mass is 309 g/mol. The number of nitrogens with zero attached hydrogens (tertiary/aromatic N) is 5. The van der Waals surface area contributed by atoms with Crippen molar-refractivity contribution in [2.24, 2.45) is 5.92 Å². The van der Waals surface area contributed by atoms with E-state index >= 15 is 0 Å². The molecule has 3 rings (SSSR count). The Morgan fingerprint density at radius 2 is 2.24 bits per heavy atom. The number of hydrogen-bond donors (Lipinski definition) is 1. The van der Waals surface area contributed by atoms with Crippen molar-refractivity contribution in [3.63, 3.8) is 0 Å². The summed E-state index contributed by atoms with van der Waals surface area (Å²) in [6, 6.07) is 0.280. The third-order valence-corrected chi connectivity index (χ3v) is 3.91. The number of anilines is 1. The highest BCUT2D eigenvalue weighted by molar-refractivity contribution is 7.80. The standard InChI is InChI=1S/C12H15N5O3S/c1-19-8-4-13-12(20-2)17-10(8)14-11(15-17)16-5-7(6-21)3-9(16)18/h4,7,21H,3,5-6H2,1-2H3. The van der Waals surface area contributed by atoms with E-state index in [9.17, 15) is 4.79 Å². The summed E-state index contributed by atoms with van der Waals surface area (Å²) in [4.78, 5) is 22.1. The van der Waals surface area contributed by atoms with Gasteiger partial charge in [-0.2, -0.15) is 27.1 Å². The zero-order chi connectivity index (χ0) is 15.0. The molecule has 1 unspecified atom stereocenters. The van der Waals surface area contributed by atoms with Crippen LogP contribution >= 0.6 is 12.6 Å². The van der Waals surface area contributed by atoms with Gasteiger partial charge in [0.1, 0.15) is 0 Å². The van der Waals surface area contributed by atoms with E-state index in [4.69, 9.17) is 9.47 Å². The molecule has 0 aromatic carbocycles. The van der Waals surface area contributed by atoms with E-state index < -0.39 is 0 Å². The first-order valence-corrected chi connectivity index (χ1v) is 7.06. The average molecular weight is 309 g/mol. The third kappa shape index (κ3) is 2.27. The van der Waals surface area contributed by atoms with Gasteiger partial charge in [0.15, 0.2) is 5.75 Å². The minimum Gasteiger partial charge on any atom is -0.491 e. The molecule has 1 amide bonds. The van der Waals surface area contributed by atoms with Crippen LogP contribution in [0.15, 0.2) is 6.20 Å². The summed E-state index contributed by atoms with van der Waals surface area (Å²) in [6.45, 7) is 0.567. The van der Waals surface area contributed by atoms with Crippen LogP contribution in [0.4, 0.5) is 5.95 Å². The first-order valence-electron chi connectivity index (χ1n) is 6.43. The van der Waals surface area contributed by atoms with Crippen LogP contribution in [0.5, 0.6) is 11.8 Å². The first-order chi connectivity index (χ1) is 10.2. The molecule has 1 aliphatic rings. The van der Waals surface area contributed by atoms with Crippen molar-refractivity contribution < 1.29 is 14.3 Å². The molecule has 9 heteroatoms. The van der Waals surface area contributed by atoms with Crippen molar-refractivity contribution in [2.45, 2.75) is 6.42 Å². The van der Waals surface area contributed by atoms with E-state index in [-0.39, 0.29) is 17.8 Å². The topological polar surface area (TPSA) is 81.9 Å². The molecule has 0 aliphatic carbocycles. The quantitative estimate of drug-likeness (QED) is 0.825. The van der Waals surface area contributed by atoms with Gasteiger partial charge in [-0.15, -0.1) is 5.10 Å². The SMILES string of the molecule is COc1cnc(OC)n2nc(N3CC(CS)CC3=O)nc12. The molecule has 0 N–H and O–H groups in total. The number of aromatic nitrogens is 4. The second kappa shape index (κ2) is 5.40. The van der Waals surface area contributed by atoms with Crippen molar-refractivity contribution in [2.75, 3.05) is 31.4 Å². The van der Waals surface area contributed by atoms with Gasteiger partial charge in [0, 0.05) is 13.0 Å². The molecule has 0 saturated carbocycles. The van der Waals surface area contributed by atoms with Gasteiger partial charge in [0.25, 0.3) is 5.95 Å². The van der Waals surface area contributed by atoms with E-state index in [1.54, 1.807) is 4.90 Å². The van der Waals surface area contributed by atoms with Crippen molar-refractivity contribution in [3.8, 4) is 11.8 Å². The van der Waals surface area contributed by atoms with Crippen molar-refractivity contribution in [3.05, 3.63) is 6.20 Å². The van der Waals surface area contributed by atoms with E-state index in [0.717, 1.165) is 0 Å². The summed E-state index contributed by atoms with van der Waals surface area (Å²) < 4.78 is 11.8. The number of amides is 1. The zero-order valence-electron chi connectivity index (χ0n) is 11.7. The van der Waals surface area contributed by atoms with Crippen LogP contribution in [-0.2, 0) is 4.79 Å². The highest BCUT2D eigenvalue weighted by Crippen LogP contribution is 2.27. The molecule has 21 heavy (non-hydrogen) atoms. The largest absolute Gasteiger partial charge is 0.491 e. The number of fused-ring (bicyclic) bond motifs is 1. The number of ether oxygens (including phenoxy) is 2. The van der Waals surface area contributed by atoms with E-state index in [2.05, 4.69) is 27.7 Å². The Labute approximate surface area is 126 Å². The number of thiol groups is 1. The molecule has 1 atom stereocenters. The van der Waals surface area contributed by atoms with Crippen molar-refractivity contribution >= 4 is 30.1 Å². The van der Waals surface area contributed by atoms with E-state index in [1.165, 1.54) is 24.9 Å². The minimum atomic E-state index is -0.00384. The van der Waals surface area contributed by atoms with Gasteiger partial charge in [-0.1, -0.05) is 0 Å². The zero-order valence-corrected chi connectivity index (χ0v) is 12.6. The van der Waals surface area contributed by atoms with Gasteiger partial charge < -0.3 is 9.47 Å². The highest BCUT2D eigenvalue weighted by atomic mass is 32.1. The summed E-state index contributed by atoms with van der Waals surface area (Å²) in [6.07, 6.45) is 1.97. The van der Waals surface area contributed by atoms with Gasteiger partial charge in [0.2, 0.25) is 11.6 Å². The Morgan fingerprint density at radius 1 is 1.43 bits per heavy atom. The fourth-order valence-corrected chi connectivity index (χ4v) is 2.56. The van der Waals surface area contributed by atoms with Crippen molar-refractivity contribution in [1.29, 1.82) is 0 Å². The maximum Gasteiger partial charge on any atom is 0.319 e. The number of rotatable bonds is 4. The predicted molar refractivity (Wildman–Crippen MR) is 78.2 cm³/mol. The summed E-state index contributed by atoms with van der Waals surface area (Å²) in [5, 5.41) is 4.31. The molecule has 0 bridgehead atoms. The summed E-state index contributed by atoms with van der Waals surface area (Å²) in [7, 11) is 3.02. The van der Waals surface area contributed by atoms with Crippen LogP contribution in [0.25, 0.3) is 5.65 Å². The van der Waals surface area contributed by atoms with Gasteiger partial charge in [-0.25, -0.2) is 0 Å². The normalized spacial score (nSPS) is 18.5. The Balaban J connectivity index is 2.06. The number of carbonyl (C=O) groups is 1. The number of carbonyl (C=O) groups excluding carboxylic acids is 1. The molecule has 2 aromatic heterocycles. The van der Waals surface area contributed by atoms with Crippen LogP contribution < -0.4 is 14.4 Å². The molecule has 112 valence electrons. The first kappa shape index (κ1) is 13.9. The molecule has 8 nitrogen and oxygen atoms in total. The number of hydrogen-bond acceptors (Lipinski definition) is 7. The van der Waals surface area contributed by atoms with Gasteiger partial charge >= 0.3 is 6.01 Å². The minimum absolute atomic E-state index is 0.00384. The highest BCUT2D eigenvalue weighted by Gasteiger charge is 2.32. The van der Waals surface area contributed by atoms with E-state index in [0.29, 0.717) is 36.1 Å². The van der Waals surface area contributed by atoms with Crippen LogP contribution in [0, 0.1) is 5.92 Å². The van der Waals surface area contributed by atoms with Crippen LogP contribution in [0.3, 0.4) is 0 Å². The summed E-state index contributed by atoms with van der Waals surface area (Å²) in [5.41, 5.74) is 0.460.